The molecule has 11 nitrogen and oxygen atoms in total. The highest BCUT2D eigenvalue weighted by Crippen LogP contribution is 2.32. The van der Waals surface area contributed by atoms with Crippen molar-refractivity contribution in [2.45, 2.75) is 6.92 Å². The normalized spacial score (nSPS) is 12.2. The number of hydrogen-bond acceptors (Lipinski definition) is 8. The largest absolute Gasteiger partial charge is 0.462 e. The Labute approximate surface area is 157 Å². The van der Waals surface area contributed by atoms with Crippen LogP contribution in [0.4, 0.5) is 11.5 Å². The summed E-state index contributed by atoms with van der Waals surface area (Å²) in [7, 11) is 0. The van der Waals surface area contributed by atoms with Gasteiger partial charge in [0.1, 0.15) is 23.7 Å². The van der Waals surface area contributed by atoms with E-state index in [1.807, 2.05) is 6.07 Å². The molecule has 0 saturated carbocycles. The number of nitro benzene ring substituents is 1. The first kappa shape index (κ1) is 18.6. The lowest BCUT2D eigenvalue weighted by Crippen LogP contribution is -2.44. The number of aromatic nitrogens is 1. The number of benzene rings is 1. The summed E-state index contributed by atoms with van der Waals surface area (Å²) in [6, 6.07) is 6.87. The minimum atomic E-state index is -0.952. The van der Waals surface area contributed by atoms with E-state index < -0.39 is 27.9 Å². The quantitative estimate of drug-likeness (QED) is 0.449. The van der Waals surface area contributed by atoms with Gasteiger partial charge in [0.25, 0.3) is 11.2 Å². The predicted molar refractivity (Wildman–Crippen MR) is 96.3 cm³/mol. The van der Waals surface area contributed by atoms with Crippen molar-refractivity contribution in [2.75, 3.05) is 23.9 Å². The first-order chi connectivity index (χ1) is 13.4. The third-order valence-corrected chi connectivity index (χ3v) is 3.99. The molecular weight excluding hydrogens is 370 g/mol. The van der Waals surface area contributed by atoms with Gasteiger partial charge in [0.15, 0.2) is 5.82 Å². The molecule has 2 aromatic rings. The van der Waals surface area contributed by atoms with E-state index in [-0.39, 0.29) is 41.3 Å². The number of nitrogens with one attached hydrogen (secondary N) is 2. The van der Waals surface area contributed by atoms with Crippen LogP contribution in [0.5, 0.6) is 0 Å². The number of esters is 1. The maximum atomic E-state index is 12.9. The number of carbonyl (C=O) groups is 2. The number of carbonyl (C=O) groups excluding carboxylic acids is 2. The van der Waals surface area contributed by atoms with Gasteiger partial charge in [0, 0.05) is 17.7 Å². The summed E-state index contributed by atoms with van der Waals surface area (Å²) in [4.78, 5) is 47.4. The standard InChI is InChI=1S/C17H13N5O6/c1-2-28-17(25)14-13(9-3-5-10(6-4-9)22(26)27)11(7-18)15-20-12(23)8-19-21(15)16(14)24/h3-6,19H,2,8H2,1H3,(H,20,23). The lowest BCUT2D eigenvalue weighted by molar-refractivity contribution is -0.384. The van der Waals surface area contributed by atoms with Crippen LogP contribution in [0.1, 0.15) is 22.8 Å². The fraction of sp³-hybridized carbons (Fsp3) is 0.176. The predicted octanol–water partition coefficient (Wildman–Crippen LogP) is 0.967. The van der Waals surface area contributed by atoms with Crippen LogP contribution < -0.4 is 16.3 Å². The zero-order chi connectivity index (χ0) is 20.4. The highest BCUT2D eigenvalue weighted by atomic mass is 16.6. The van der Waals surface area contributed by atoms with E-state index in [9.17, 15) is 29.8 Å². The fourth-order valence-electron chi connectivity index (χ4n) is 2.81. The van der Waals surface area contributed by atoms with E-state index in [1.165, 1.54) is 24.3 Å². The molecule has 11 heteroatoms. The van der Waals surface area contributed by atoms with E-state index in [2.05, 4.69) is 10.7 Å². The van der Waals surface area contributed by atoms with Crippen LogP contribution in [-0.4, -0.2) is 34.6 Å². The number of anilines is 1. The number of ether oxygens (including phenoxy) is 1. The van der Waals surface area contributed by atoms with Crippen LogP contribution >= 0.6 is 0 Å². The van der Waals surface area contributed by atoms with Gasteiger partial charge in [-0.2, -0.15) is 5.26 Å². The Bertz CT molecular complexity index is 1100. The van der Waals surface area contributed by atoms with Gasteiger partial charge >= 0.3 is 5.97 Å². The average Bonchev–Trinajstić information content (AvgIpc) is 2.67. The molecule has 0 saturated heterocycles. The number of rotatable bonds is 4. The zero-order valence-corrected chi connectivity index (χ0v) is 14.5. The molecule has 1 aliphatic rings. The lowest BCUT2D eigenvalue weighted by Gasteiger charge is -2.24. The van der Waals surface area contributed by atoms with Gasteiger partial charge in [-0.3, -0.25) is 19.7 Å². The van der Waals surface area contributed by atoms with Gasteiger partial charge in [-0.15, -0.1) is 0 Å². The molecule has 1 aliphatic heterocycles. The first-order valence-corrected chi connectivity index (χ1v) is 8.07. The monoisotopic (exact) mass is 383 g/mol. The Morgan fingerprint density at radius 2 is 2.04 bits per heavy atom. The Kier molecular flexibility index (Phi) is 4.78. The maximum Gasteiger partial charge on any atom is 0.344 e. The van der Waals surface area contributed by atoms with Crippen molar-refractivity contribution < 1.29 is 19.2 Å². The Morgan fingerprint density at radius 1 is 1.36 bits per heavy atom. The third kappa shape index (κ3) is 3.03. The van der Waals surface area contributed by atoms with E-state index >= 15 is 0 Å². The Balaban J connectivity index is 2.37. The number of nitro groups is 1. The van der Waals surface area contributed by atoms with Gasteiger partial charge in [0.05, 0.1) is 11.5 Å². The van der Waals surface area contributed by atoms with Crippen LogP contribution in [0.3, 0.4) is 0 Å². The molecule has 0 atom stereocenters. The SMILES string of the molecule is CCOC(=O)c1c(-c2ccc([N+](=O)[O-])cc2)c(C#N)c2n(c1=O)NCC(=O)N2. The van der Waals surface area contributed by atoms with Crippen molar-refractivity contribution in [1.82, 2.24) is 4.68 Å². The van der Waals surface area contributed by atoms with Crippen molar-refractivity contribution in [2.24, 2.45) is 0 Å². The molecule has 0 fully saturated rings. The number of nitriles is 1. The van der Waals surface area contributed by atoms with Crippen molar-refractivity contribution in [3.63, 3.8) is 0 Å². The molecule has 1 amide bonds. The number of fused-ring (bicyclic) bond motifs is 1. The molecule has 28 heavy (non-hydrogen) atoms. The van der Waals surface area contributed by atoms with Crippen LogP contribution in [-0.2, 0) is 9.53 Å². The summed E-state index contributed by atoms with van der Waals surface area (Å²) in [5, 5.41) is 23.0. The number of hydrogen-bond donors (Lipinski definition) is 2. The molecule has 0 unspecified atom stereocenters. The second-order valence-corrected chi connectivity index (χ2v) is 5.63. The molecule has 0 aliphatic carbocycles. The van der Waals surface area contributed by atoms with E-state index in [4.69, 9.17) is 4.74 Å². The maximum absolute atomic E-state index is 12.9. The smallest absolute Gasteiger partial charge is 0.344 e. The highest BCUT2D eigenvalue weighted by molar-refractivity contribution is 6.02. The number of amides is 1. The number of pyridine rings is 1. The summed E-state index contributed by atoms with van der Waals surface area (Å²) in [5.74, 6) is -1.55. The van der Waals surface area contributed by atoms with Crippen molar-refractivity contribution in [3.05, 3.63) is 55.9 Å². The molecule has 0 spiro atoms. The molecule has 0 bridgehead atoms. The van der Waals surface area contributed by atoms with Crippen LogP contribution in [0.25, 0.3) is 11.1 Å². The highest BCUT2D eigenvalue weighted by Gasteiger charge is 2.30. The van der Waals surface area contributed by atoms with Gasteiger partial charge in [-0.05, 0) is 24.6 Å². The molecule has 2 heterocycles. The summed E-state index contributed by atoms with van der Waals surface area (Å²) >= 11 is 0. The van der Waals surface area contributed by atoms with Gasteiger partial charge < -0.3 is 15.5 Å². The summed E-state index contributed by atoms with van der Waals surface area (Å²) in [6.07, 6.45) is 0. The minimum absolute atomic E-state index is 0.00816. The number of nitrogens with zero attached hydrogens (tertiary/aromatic N) is 3. The average molecular weight is 383 g/mol. The van der Waals surface area contributed by atoms with Crippen molar-refractivity contribution in [1.29, 1.82) is 5.26 Å². The Hall–Kier alpha value is -4.20. The second-order valence-electron chi connectivity index (χ2n) is 5.63. The van der Waals surface area contributed by atoms with E-state index in [0.29, 0.717) is 0 Å². The third-order valence-electron chi connectivity index (χ3n) is 3.99. The van der Waals surface area contributed by atoms with E-state index in [1.54, 1.807) is 6.92 Å². The van der Waals surface area contributed by atoms with Crippen molar-refractivity contribution in [3.8, 4) is 17.2 Å². The fourth-order valence-corrected chi connectivity index (χ4v) is 2.81. The van der Waals surface area contributed by atoms with Gasteiger partial charge in [-0.25, -0.2) is 9.47 Å². The van der Waals surface area contributed by atoms with Crippen molar-refractivity contribution >= 4 is 23.4 Å². The summed E-state index contributed by atoms with van der Waals surface area (Å²) in [5.41, 5.74) is 1.08. The van der Waals surface area contributed by atoms with Crippen LogP contribution in [0.2, 0.25) is 0 Å². The van der Waals surface area contributed by atoms with E-state index in [0.717, 1.165) is 4.68 Å². The molecular formula is C17H13N5O6. The summed E-state index contributed by atoms with van der Waals surface area (Å²) in [6.45, 7) is 1.33. The molecule has 1 aromatic carbocycles. The lowest BCUT2D eigenvalue weighted by atomic mass is 9.95. The molecule has 1 aromatic heterocycles. The topological polar surface area (TPSA) is 156 Å². The molecule has 0 radical (unpaired) electrons. The molecule has 2 N–H and O–H groups in total. The first-order valence-electron chi connectivity index (χ1n) is 8.07. The van der Waals surface area contributed by atoms with Gasteiger partial charge in [-0.1, -0.05) is 0 Å². The minimum Gasteiger partial charge on any atom is -0.462 e. The number of non-ortho nitro benzene ring substituents is 1. The Morgan fingerprint density at radius 3 is 2.61 bits per heavy atom. The van der Waals surface area contributed by atoms with Crippen LogP contribution in [0, 0.1) is 21.4 Å². The molecule has 3 rings (SSSR count). The van der Waals surface area contributed by atoms with Gasteiger partial charge in [0.2, 0.25) is 5.91 Å². The zero-order valence-electron chi connectivity index (χ0n) is 14.5. The summed E-state index contributed by atoms with van der Waals surface area (Å²) < 4.78 is 5.86. The second kappa shape index (κ2) is 7.20. The molecule has 142 valence electrons. The van der Waals surface area contributed by atoms with Crippen LogP contribution in [0.15, 0.2) is 29.1 Å².